The molecule has 2 rings (SSSR count). The molecule has 0 amide bonds. The predicted octanol–water partition coefficient (Wildman–Crippen LogP) is 3.24. The van der Waals surface area contributed by atoms with Crippen LogP contribution in [0.15, 0.2) is 24.3 Å². The quantitative estimate of drug-likeness (QED) is 0.830. The molecule has 0 spiro atoms. The van der Waals surface area contributed by atoms with Gasteiger partial charge in [0.25, 0.3) is 0 Å². The van der Waals surface area contributed by atoms with Gasteiger partial charge in [-0.15, -0.1) is 0 Å². The zero-order valence-corrected chi connectivity index (χ0v) is 13.0. The summed E-state index contributed by atoms with van der Waals surface area (Å²) in [7, 11) is 1.66. The smallest absolute Gasteiger partial charge is 0.118 e. The second-order valence-corrected chi connectivity index (χ2v) is 6.28. The Balaban J connectivity index is 2.06. The number of benzene rings is 1. The van der Waals surface area contributed by atoms with E-state index >= 15 is 0 Å². The Bertz CT molecular complexity index is 412. The van der Waals surface area contributed by atoms with E-state index in [1.807, 2.05) is 24.3 Å². The maximum absolute atomic E-state index is 10.6. The number of nitrogens with zero attached hydrogens (tertiary/aromatic N) is 1. The van der Waals surface area contributed by atoms with Crippen molar-refractivity contribution < 1.29 is 9.84 Å². The highest BCUT2D eigenvalue weighted by molar-refractivity contribution is 5.29. The maximum Gasteiger partial charge on any atom is 0.118 e. The van der Waals surface area contributed by atoms with Crippen molar-refractivity contribution in [3.05, 3.63) is 29.8 Å². The standard InChI is InChI=1S/C17H27NO2/c1-12(2)11-18(15-7-8-15)13(3)17(19)14-5-9-16(20-4)10-6-14/h5-6,9-10,12-13,15,17,19H,7-8,11H2,1-4H3. The average Bonchev–Trinajstić information content (AvgIpc) is 3.27. The normalized spacial score (nSPS) is 18.4. The summed E-state index contributed by atoms with van der Waals surface area (Å²) < 4.78 is 5.17. The van der Waals surface area contributed by atoms with E-state index in [4.69, 9.17) is 4.74 Å². The topological polar surface area (TPSA) is 32.7 Å². The highest BCUT2D eigenvalue weighted by Gasteiger charge is 2.35. The molecule has 1 fully saturated rings. The monoisotopic (exact) mass is 277 g/mol. The first kappa shape index (κ1) is 15.3. The number of methoxy groups -OCH3 is 1. The minimum atomic E-state index is -0.444. The Morgan fingerprint density at radius 1 is 1.20 bits per heavy atom. The zero-order valence-electron chi connectivity index (χ0n) is 13.0. The van der Waals surface area contributed by atoms with Crippen molar-refractivity contribution in [1.29, 1.82) is 0 Å². The van der Waals surface area contributed by atoms with Gasteiger partial charge < -0.3 is 9.84 Å². The van der Waals surface area contributed by atoms with E-state index in [-0.39, 0.29) is 6.04 Å². The number of aliphatic hydroxyl groups is 1. The van der Waals surface area contributed by atoms with Crippen LogP contribution in [0.4, 0.5) is 0 Å². The van der Waals surface area contributed by atoms with Crippen molar-refractivity contribution in [3.63, 3.8) is 0 Å². The minimum Gasteiger partial charge on any atom is -0.497 e. The van der Waals surface area contributed by atoms with Crippen LogP contribution in [0.2, 0.25) is 0 Å². The Morgan fingerprint density at radius 3 is 2.25 bits per heavy atom. The van der Waals surface area contributed by atoms with Crippen LogP contribution >= 0.6 is 0 Å². The first-order valence-electron chi connectivity index (χ1n) is 7.60. The molecule has 20 heavy (non-hydrogen) atoms. The van der Waals surface area contributed by atoms with Gasteiger partial charge in [-0.25, -0.2) is 0 Å². The van der Waals surface area contributed by atoms with Crippen molar-refractivity contribution in [2.24, 2.45) is 5.92 Å². The summed E-state index contributed by atoms with van der Waals surface area (Å²) in [6.45, 7) is 7.67. The van der Waals surface area contributed by atoms with Gasteiger partial charge in [-0.3, -0.25) is 4.90 Å². The van der Waals surface area contributed by atoms with E-state index < -0.39 is 6.10 Å². The molecule has 3 nitrogen and oxygen atoms in total. The molecule has 2 atom stereocenters. The number of aliphatic hydroxyl groups excluding tert-OH is 1. The van der Waals surface area contributed by atoms with Crippen molar-refractivity contribution >= 4 is 0 Å². The van der Waals surface area contributed by atoms with E-state index in [0.29, 0.717) is 12.0 Å². The van der Waals surface area contributed by atoms with Gasteiger partial charge in [-0.1, -0.05) is 26.0 Å². The lowest BCUT2D eigenvalue weighted by Gasteiger charge is -2.34. The van der Waals surface area contributed by atoms with Crippen molar-refractivity contribution in [3.8, 4) is 5.75 Å². The summed E-state index contributed by atoms with van der Waals surface area (Å²) in [4.78, 5) is 2.47. The number of ether oxygens (including phenoxy) is 1. The van der Waals surface area contributed by atoms with E-state index in [1.165, 1.54) is 12.8 Å². The number of rotatable bonds is 7. The largest absolute Gasteiger partial charge is 0.497 e. The molecule has 1 N–H and O–H groups in total. The third-order valence-electron chi connectivity index (χ3n) is 4.03. The molecule has 0 radical (unpaired) electrons. The Morgan fingerprint density at radius 2 is 1.80 bits per heavy atom. The van der Waals surface area contributed by atoms with Crippen molar-refractivity contribution in [1.82, 2.24) is 4.90 Å². The second kappa shape index (κ2) is 6.59. The highest BCUT2D eigenvalue weighted by atomic mass is 16.5. The third kappa shape index (κ3) is 3.74. The molecular formula is C17H27NO2. The van der Waals surface area contributed by atoms with E-state index in [1.54, 1.807) is 7.11 Å². The minimum absolute atomic E-state index is 0.151. The Hall–Kier alpha value is -1.06. The van der Waals surface area contributed by atoms with Crippen LogP contribution in [0.1, 0.15) is 45.3 Å². The zero-order chi connectivity index (χ0) is 14.7. The van der Waals surface area contributed by atoms with E-state index in [9.17, 15) is 5.11 Å². The highest BCUT2D eigenvalue weighted by Crippen LogP contribution is 2.33. The van der Waals surface area contributed by atoms with Crippen LogP contribution in [-0.4, -0.2) is 35.7 Å². The Labute approximate surface area is 122 Å². The average molecular weight is 277 g/mol. The summed E-state index contributed by atoms with van der Waals surface area (Å²) in [5.41, 5.74) is 0.965. The second-order valence-electron chi connectivity index (χ2n) is 6.28. The first-order chi connectivity index (χ1) is 9.52. The van der Waals surface area contributed by atoms with Crippen molar-refractivity contribution in [2.75, 3.05) is 13.7 Å². The van der Waals surface area contributed by atoms with E-state index in [2.05, 4.69) is 25.7 Å². The van der Waals surface area contributed by atoms with Gasteiger partial charge in [0, 0.05) is 18.6 Å². The number of hydrogen-bond donors (Lipinski definition) is 1. The molecule has 2 unspecified atom stereocenters. The molecule has 0 saturated heterocycles. The van der Waals surface area contributed by atoms with Crippen LogP contribution in [0.5, 0.6) is 5.75 Å². The van der Waals surface area contributed by atoms with Gasteiger partial charge >= 0.3 is 0 Å². The Kier molecular flexibility index (Phi) is 5.06. The molecule has 1 aliphatic carbocycles. The predicted molar refractivity (Wildman–Crippen MR) is 82.0 cm³/mol. The molecule has 3 heteroatoms. The summed E-state index contributed by atoms with van der Waals surface area (Å²) >= 11 is 0. The maximum atomic E-state index is 10.6. The van der Waals surface area contributed by atoms with E-state index in [0.717, 1.165) is 17.9 Å². The molecular weight excluding hydrogens is 250 g/mol. The van der Waals surface area contributed by atoms with Crippen molar-refractivity contribution in [2.45, 2.75) is 51.8 Å². The molecule has 0 aromatic heterocycles. The summed E-state index contributed by atoms with van der Waals surface area (Å²) in [6.07, 6.45) is 2.10. The fourth-order valence-electron chi connectivity index (χ4n) is 2.74. The third-order valence-corrected chi connectivity index (χ3v) is 4.03. The lowest BCUT2D eigenvalue weighted by molar-refractivity contribution is 0.0461. The summed E-state index contributed by atoms with van der Waals surface area (Å²) in [5, 5.41) is 10.6. The van der Waals surface area contributed by atoms with Crippen LogP contribution in [0.25, 0.3) is 0 Å². The van der Waals surface area contributed by atoms with Gasteiger partial charge in [0.2, 0.25) is 0 Å². The van der Waals surface area contributed by atoms with Crippen LogP contribution in [-0.2, 0) is 0 Å². The molecule has 0 aliphatic heterocycles. The van der Waals surface area contributed by atoms with Gasteiger partial charge in [0.05, 0.1) is 13.2 Å². The molecule has 0 bridgehead atoms. The summed E-state index contributed by atoms with van der Waals surface area (Å²) in [5.74, 6) is 1.45. The molecule has 0 heterocycles. The lowest BCUT2D eigenvalue weighted by atomic mass is 10.0. The van der Waals surface area contributed by atoms with Gasteiger partial charge in [-0.05, 0) is 43.4 Å². The molecule has 1 aromatic rings. The van der Waals surface area contributed by atoms with Gasteiger partial charge in [0.15, 0.2) is 0 Å². The van der Waals surface area contributed by atoms with Crippen LogP contribution in [0, 0.1) is 5.92 Å². The SMILES string of the molecule is COc1ccc(C(O)C(C)N(CC(C)C)C2CC2)cc1. The molecule has 1 aromatic carbocycles. The fourth-order valence-corrected chi connectivity index (χ4v) is 2.74. The van der Waals surface area contributed by atoms with Gasteiger partial charge in [-0.2, -0.15) is 0 Å². The van der Waals surface area contributed by atoms with Crippen LogP contribution < -0.4 is 4.74 Å². The summed E-state index contributed by atoms with van der Waals surface area (Å²) in [6, 6.07) is 8.56. The fraction of sp³-hybridized carbons (Fsp3) is 0.647. The molecule has 1 saturated carbocycles. The number of hydrogen-bond acceptors (Lipinski definition) is 3. The lowest BCUT2D eigenvalue weighted by Crippen LogP contribution is -2.41. The van der Waals surface area contributed by atoms with Crippen LogP contribution in [0.3, 0.4) is 0 Å². The molecule has 1 aliphatic rings. The van der Waals surface area contributed by atoms with Gasteiger partial charge in [0.1, 0.15) is 5.75 Å². The molecule has 112 valence electrons. The first-order valence-corrected chi connectivity index (χ1v) is 7.60.